The topological polar surface area (TPSA) is 97.7 Å². The van der Waals surface area contributed by atoms with Gasteiger partial charge < -0.3 is 29.2 Å². The molecule has 29 heavy (non-hydrogen) atoms. The van der Waals surface area contributed by atoms with Crippen LogP contribution in [0.2, 0.25) is 0 Å². The van der Waals surface area contributed by atoms with Crippen LogP contribution >= 0.6 is 0 Å². The fraction of sp³-hybridized carbons (Fsp3) is 0.667. The van der Waals surface area contributed by atoms with Crippen LogP contribution in [0, 0.1) is 0 Å². The molecular formula is C21H35NO7. The third-order valence-corrected chi connectivity index (χ3v) is 4.20. The minimum absolute atomic E-state index is 0.242. The van der Waals surface area contributed by atoms with Crippen molar-refractivity contribution in [3.8, 4) is 5.75 Å². The maximum Gasteiger partial charge on any atom is 0.408 e. The molecule has 0 radical (unpaired) electrons. The van der Waals surface area contributed by atoms with Gasteiger partial charge in [-0.3, -0.25) is 4.90 Å². The average Bonchev–Trinajstić information content (AvgIpc) is 2.66. The molecule has 0 aliphatic carbocycles. The molecule has 0 spiro atoms. The first-order valence-corrected chi connectivity index (χ1v) is 9.79. The maximum atomic E-state index is 11.6. The predicted octanol–water partition coefficient (Wildman–Crippen LogP) is 2.43. The third-order valence-electron chi connectivity index (χ3n) is 4.20. The molecule has 0 saturated heterocycles. The zero-order valence-electron chi connectivity index (χ0n) is 17.9. The molecule has 0 aromatic heterocycles. The van der Waals surface area contributed by atoms with Gasteiger partial charge in [0.2, 0.25) is 0 Å². The van der Waals surface area contributed by atoms with Gasteiger partial charge in [-0.15, -0.1) is 0 Å². The molecule has 1 aromatic carbocycles. The quantitative estimate of drug-likeness (QED) is 0.452. The van der Waals surface area contributed by atoms with Crippen LogP contribution in [0.15, 0.2) is 24.3 Å². The molecule has 0 aliphatic rings. The van der Waals surface area contributed by atoms with E-state index in [-0.39, 0.29) is 6.61 Å². The molecular weight excluding hydrogens is 378 g/mol. The summed E-state index contributed by atoms with van der Waals surface area (Å²) >= 11 is 0. The summed E-state index contributed by atoms with van der Waals surface area (Å²) in [5.74, 6) is 0.708. The second-order valence-corrected chi connectivity index (χ2v) is 7.57. The molecule has 0 saturated carbocycles. The van der Waals surface area contributed by atoms with Crippen LogP contribution in [-0.2, 0) is 20.6 Å². The van der Waals surface area contributed by atoms with Gasteiger partial charge in [0.25, 0.3) is 0 Å². The van der Waals surface area contributed by atoms with Gasteiger partial charge >= 0.3 is 6.09 Å². The highest BCUT2D eigenvalue weighted by Gasteiger charge is 2.32. The van der Waals surface area contributed by atoms with E-state index in [9.17, 15) is 15.0 Å². The van der Waals surface area contributed by atoms with E-state index in [2.05, 4.69) is 0 Å². The minimum atomic E-state index is -1.04. The van der Waals surface area contributed by atoms with Crippen LogP contribution in [0.1, 0.15) is 26.3 Å². The number of amides is 1. The van der Waals surface area contributed by atoms with Gasteiger partial charge in [0.05, 0.1) is 45.7 Å². The first kappa shape index (κ1) is 25.2. The lowest BCUT2D eigenvalue weighted by atomic mass is 9.99. The van der Waals surface area contributed by atoms with Gasteiger partial charge in [-0.1, -0.05) is 12.1 Å². The van der Waals surface area contributed by atoms with Gasteiger partial charge in [-0.2, -0.15) is 0 Å². The first-order chi connectivity index (χ1) is 13.8. The molecule has 1 atom stereocenters. The Kier molecular flexibility index (Phi) is 11.6. The highest BCUT2D eigenvalue weighted by molar-refractivity contribution is 5.66. The number of nitrogens with zero attached hydrogens (tertiary/aromatic N) is 1. The highest BCUT2D eigenvalue weighted by Crippen LogP contribution is 2.21. The summed E-state index contributed by atoms with van der Waals surface area (Å²) in [6.07, 6.45) is -0.618. The van der Waals surface area contributed by atoms with Crippen LogP contribution < -0.4 is 4.74 Å². The number of hydrogen-bond acceptors (Lipinski definition) is 6. The van der Waals surface area contributed by atoms with E-state index >= 15 is 0 Å². The van der Waals surface area contributed by atoms with Crippen LogP contribution in [0.25, 0.3) is 0 Å². The molecule has 1 rings (SSSR count). The van der Waals surface area contributed by atoms with E-state index < -0.39 is 17.7 Å². The Balaban J connectivity index is 2.40. The second kappa shape index (κ2) is 13.4. The van der Waals surface area contributed by atoms with Crippen LogP contribution in [0.5, 0.6) is 5.75 Å². The van der Waals surface area contributed by atoms with Crippen LogP contribution in [0.4, 0.5) is 4.79 Å². The second-order valence-electron chi connectivity index (χ2n) is 7.57. The average molecular weight is 414 g/mol. The SMILES string of the molecule is COCCOCCOCCOc1ccc(C[C@@H](CO)N(C(=O)O)C(C)(C)C)cc1. The normalized spacial score (nSPS) is 12.6. The molecule has 0 fully saturated rings. The number of methoxy groups -OCH3 is 1. The smallest absolute Gasteiger partial charge is 0.408 e. The van der Waals surface area contributed by atoms with Crippen molar-refractivity contribution < 1.29 is 34.0 Å². The summed E-state index contributed by atoms with van der Waals surface area (Å²) in [6.45, 7) is 8.23. The monoisotopic (exact) mass is 413 g/mol. The molecule has 1 aromatic rings. The Morgan fingerprint density at radius 2 is 1.55 bits per heavy atom. The van der Waals surface area contributed by atoms with Crippen LogP contribution in [-0.4, -0.2) is 86.1 Å². The van der Waals surface area contributed by atoms with Crippen molar-refractivity contribution in [3.05, 3.63) is 29.8 Å². The molecule has 0 heterocycles. The summed E-state index contributed by atoms with van der Waals surface area (Å²) in [5, 5.41) is 19.2. The van der Waals surface area contributed by atoms with E-state index in [1.54, 1.807) is 7.11 Å². The van der Waals surface area contributed by atoms with Crippen molar-refractivity contribution in [1.29, 1.82) is 0 Å². The molecule has 0 unspecified atom stereocenters. The van der Waals surface area contributed by atoms with Gasteiger partial charge in [0.1, 0.15) is 12.4 Å². The Labute approximate surface area is 173 Å². The Bertz CT molecular complexity index is 571. The molecule has 166 valence electrons. The lowest BCUT2D eigenvalue weighted by Gasteiger charge is -2.39. The maximum absolute atomic E-state index is 11.6. The molecule has 8 heteroatoms. The number of aliphatic hydroxyl groups excluding tert-OH is 1. The molecule has 2 N–H and O–H groups in total. The largest absolute Gasteiger partial charge is 0.491 e. The fourth-order valence-electron chi connectivity index (χ4n) is 2.90. The Morgan fingerprint density at radius 1 is 1.00 bits per heavy atom. The van der Waals surface area contributed by atoms with Crippen molar-refractivity contribution in [1.82, 2.24) is 4.90 Å². The highest BCUT2D eigenvalue weighted by atomic mass is 16.6. The lowest BCUT2D eigenvalue weighted by molar-refractivity contribution is 0.0179. The van der Waals surface area contributed by atoms with E-state index in [0.717, 1.165) is 5.56 Å². The zero-order valence-corrected chi connectivity index (χ0v) is 17.9. The summed E-state index contributed by atoms with van der Waals surface area (Å²) < 4.78 is 21.2. The molecule has 8 nitrogen and oxygen atoms in total. The zero-order chi connectivity index (χ0) is 21.7. The van der Waals surface area contributed by atoms with Crippen LogP contribution in [0.3, 0.4) is 0 Å². The Morgan fingerprint density at radius 3 is 2.03 bits per heavy atom. The Hall–Kier alpha value is -1.87. The van der Waals surface area contributed by atoms with Gasteiger partial charge in [-0.05, 0) is 44.9 Å². The van der Waals surface area contributed by atoms with Gasteiger partial charge in [-0.25, -0.2) is 4.79 Å². The molecule has 0 bridgehead atoms. The van der Waals surface area contributed by atoms with Crippen molar-refractivity contribution in [2.45, 2.75) is 38.8 Å². The van der Waals surface area contributed by atoms with Crippen molar-refractivity contribution in [3.63, 3.8) is 0 Å². The number of hydrogen-bond donors (Lipinski definition) is 2. The predicted molar refractivity (Wildman–Crippen MR) is 110 cm³/mol. The standard InChI is InChI=1S/C21H35NO7/c1-21(2,3)22(20(24)25)18(16-23)15-17-5-7-19(8-6-17)29-14-13-28-12-11-27-10-9-26-4/h5-8,18,23H,9-16H2,1-4H3,(H,24,25)/t18-/m0/s1. The summed E-state index contributed by atoms with van der Waals surface area (Å²) in [5.41, 5.74) is 0.327. The number of rotatable bonds is 14. The number of ether oxygens (including phenoxy) is 4. The third kappa shape index (κ3) is 9.94. The number of benzene rings is 1. The summed E-state index contributed by atoms with van der Waals surface area (Å²) in [7, 11) is 1.63. The van der Waals surface area contributed by atoms with Crippen molar-refractivity contribution in [2.24, 2.45) is 0 Å². The van der Waals surface area contributed by atoms with E-state index in [0.29, 0.717) is 51.8 Å². The van der Waals surface area contributed by atoms with E-state index in [1.165, 1.54) is 4.90 Å². The van der Waals surface area contributed by atoms with Crippen molar-refractivity contribution >= 4 is 6.09 Å². The fourth-order valence-corrected chi connectivity index (χ4v) is 2.90. The summed E-state index contributed by atoms with van der Waals surface area (Å²) in [6, 6.07) is 6.91. The van der Waals surface area contributed by atoms with Gasteiger partial charge in [0, 0.05) is 12.6 Å². The molecule has 1 amide bonds. The number of carbonyl (C=O) groups is 1. The molecule has 0 aliphatic heterocycles. The number of aliphatic hydroxyl groups is 1. The number of carboxylic acid groups (broad SMARTS) is 1. The summed E-state index contributed by atoms with van der Waals surface area (Å²) in [4.78, 5) is 12.9. The van der Waals surface area contributed by atoms with E-state index in [1.807, 2.05) is 45.0 Å². The van der Waals surface area contributed by atoms with Crippen molar-refractivity contribution in [2.75, 3.05) is 53.4 Å². The van der Waals surface area contributed by atoms with Gasteiger partial charge in [0.15, 0.2) is 0 Å². The minimum Gasteiger partial charge on any atom is -0.491 e. The lowest BCUT2D eigenvalue weighted by Crippen LogP contribution is -2.53. The van der Waals surface area contributed by atoms with E-state index in [4.69, 9.17) is 18.9 Å². The first-order valence-electron chi connectivity index (χ1n) is 9.79.